The number of aryl methyl sites for hydroxylation is 1. The van der Waals surface area contributed by atoms with E-state index in [1.54, 1.807) is 0 Å². The molecule has 1 saturated heterocycles. The van der Waals surface area contributed by atoms with Crippen molar-refractivity contribution in [2.24, 2.45) is 0 Å². The highest BCUT2D eigenvalue weighted by Crippen LogP contribution is 2.42. The summed E-state index contributed by atoms with van der Waals surface area (Å²) in [5.41, 5.74) is 3.79. The number of hydrogen-bond donors (Lipinski definition) is 1. The molecule has 3 heterocycles. The summed E-state index contributed by atoms with van der Waals surface area (Å²) in [7, 11) is 0. The summed E-state index contributed by atoms with van der Waals surface area (Å²) in [5.74, 6) is -0.0368. The topological polar surface area (TPSA) is 75.5 Å². The standard InChI is InChI=1S/C24H30ClN3O3/c1-3-8-17(23(29)30)20-15(2)26-24(28-12-5-4-6-13-28)27-22(20)18-10-11-19-16(21(18)25)9-7-14-31-19/h10-11,17H,3-9,12-14H2,1-2H3,(H,29,30). The molecule has 1 fully saturated rings. The van der Waals surface area contributed by atoms with Crippen molar-refractivity contribution in [1.82, 2.24) is 9.97 Å². The Morgan fingerprint density at radius 1 is 1.23 bits per heavy atom. The van der Waals surface area contributed by atoms with Gasteiger partial charge < -0.3 is 14.7 Å². The number of hydrogen-bond acceptors (Lipinski definition) is 5. The van der Waals surface area contributed by atoms with E-state index >= 15 is 0 Å². The van der Waals surface area contributed by atoms with Crippen LogP contribution in [0.5, 0.6) is 5.75 Å². The number of aromatic nitrogens is 2. The Morgan fingerprint density at radius 3 is 2.71 bits per heavy atom. The molecule has 166 valence electrons. The Labute approximate surface area is 188 Å². The molecule has 1 N–H and O–H groups in total. The van der Waals surface area contributed by atoms with Crippen molar-refractivity contribution in [2.75, 3.05) is 24.6 Å². The summed E-state index contributed by atoms with van der Waals surface area (Å²) in [6.07, 6.45) is 6.50. The van der Waals surface area contributed by atoms with E-state index in [0.29, 0.717) is 35.3 Å². The monoisotopic (exact) mass is 443 g/mol. The zero-order chi connectivity index (χ0) is 22.0. The molecule has 0 spiro atoms. The predicted molar refractivity (Wildman–Crippen MR) is 122 cm³/mol. The predicted octanol–water partition coefficient (Wildman–Crippen LogP) is 5.39. The number of nitrogens with zero attached hydrogens (tertiary/aromatic N) is 3. The van der Waals surface area contributed by atoms with E-state index < -0.39 is 11.9 Å². The van der Waals surface area contributed by atoms with Crippen LogP contribution in [0.15, 0.2) is 12.1 Å². The van der Waals surface area contributed by atoms with Crippen molar-refractivity contribution in [3.63, 3.8) is 0 Å². The van der Waals surface area contributed by atoms with Crippen molar-refractivity contribution in [2.45, 2.75) is 64.7 Å². The molecule has 0 aliphatic carbocycles. The molecule has 1 aromatic carbocycles. The lowest BCUT2D eigenvalue weighted by atomic mass is 9.88. The molecular formula is C24H30ClN3O3. The third kappa shape index (κ3) is 4.36. The van der Waals surface area contributed by atoms with Crippen LogP contribution in [-0.2, 0) is 11.2 Å². The fourth-order valence-electron chi connectivity index (χ4n) is 4.69. The van der Waals surface area contributed by atoms with E-state index in [2.05, 4.69) is 4.90 Å². The van der Waals surface area contributed by atoms with Gasteiger partial charge in [0.2, 0.25) is 5.95 Å². The Hall–Kier alpha value is -2.34. The third-order valence-electron chi connectivity index (χ3n) is 6.27. The fourth-order valence-corrected chi connectivity index (χ4v) is 5.03. The Bertz CT molecular complexity index is 973. The molecule has 2 aliphatic heterocycles. The average Bonchev–Trinajstić information content (AvgIpc) is 2.78. The summed E-state index contributed by atoms with van der Waals surface area (Å²) < 4.78 is 5.77. The van der Waals surface area contributed by atoms with E-state index in [1.165, 1.54) is 6.42 Å². The molecule has 0 saturated carbocycles. The number of aliphatic carboxylic acids is 1. The number of ether oxygens (including phenoxy) is 1. The van der Waals surface area contributed by atoms with Crippen LogP contribution in [0.1, 0.15) is 68.2 Å². The van der Waals surface area contributed by atoms with Gasteiger partial charge in [0.05, 0.1) is 23.2 Å². The Morgan fingerprint density at radius 2 is 2.00 bits per heavy atom. The minimum atomic E-state index is -0.849. The number of anilines is 1. The molecule has 7 heteroatoms. The number of rotatable bonds is 6. The van der Waals surface area contributed by atoms with E-state index in [4.69, 9.17) is 26.3 Å². The second kappa shape index (κ2) is 9.43. The lowest BCUT2D eigenvalue weighted by Gasteiger charge is -2.29. The normalized spacial score (nSPS) is 17.1. The van der Waals surface area contributed by atoms with Gasteiger partial charge in [-0.15, -0.1) is 0 Å². The lowest BCUT2D eigenvalue weighted by Crippen LogP contribution is -2.31. The van der Waals surface area contributed by atoms with Gasteiger partial charge in [0.25, 0.3) is 0 Å². The summed E-state index contributed by atoms with van der Waals surface area (Å²) >= 11 is 6.88. The molecule has 2 aromatic rings. The zero-order valence-electron chi connectivity index (χ0n) is 18.3. The molecule has 4 rings (SSSR count). The minimum absolute atomic E-state index is 0.529. The van der Waals surface area contributed by atoms with Crippen molar-refractivity contribution < 1.29 is 14.6 Å². The third-order valence-corrected chi connectivity index (χ3v) is 6.70. The van der Waals surface area contributed by atoms with Crippen LogP contribution < -0.4 is 9.64 Å². The quantitative estimate of drug-likeness (QED) is 0.645. The molecule has 0 amide bonds. The number of carboxylic acids is 1. The lowest BCUT2D eigenvalue weighted by molar-refractivity contribution is -0.139. The van der Waals surface area contributed by atoms with Crippen LogP contribution in [-0.4, -0.2) is 40.7 Å². The summed E-state index contributed by atoms with van der Waals surface area (Å²) in [6, 6.07) is 3.86. The first-order valence-electron chi connectivity index (χ1n) is 11.3. The van der Waals surface area contributed by atoms with E-state index in [1.807, 2.05) is 26.0 Å². The second-order valence-corrected chi connectivity index (χ2v) is 8.83. The van der Waals surface area contributed by atoms with Crippen LogP contribution in [0.25, 0.3) is 11.3 Å². The molecule has 1 unspecified atom stereocenters. The van der Waals surface area contributed by atoms with Crippen LogP contribution in [0.4, 0.5) is 5.95 Å². The SMILES string of the molecule is CCCC(C(=O)O)c1c(C)nc(N2CCCCC2)nc1-c1ccc2c(c1Cl)CCCO2. The van der Waals surface area contributed by atoms with Gasteiger partial charge in [-0.05, 0) is 57.6 Å². The molecule has 1 atom stereocenters. The number of fused-ring (bicyclic) bond motifs is 1. The highest BCUT2D eigenvalue weighted by Gasteiger charge is 2.30. The van der Waals surface area contributed by atoms with Gasteiger partial charge in [-0.2, -0.15) is 0 Å². The Kier molecular flexibility index (Phi) is 6.65. The van der Waals surface area contributed by atoms with Crippen LogP contribution in [0, 0.1) is 6.92 Å². The molecular weight excluding hydrogens is 414 g/mol. The maximum Gasteiger partial charge on any atom is 0.311 e. The fraction of sp³-hybridized carbons (Fsp3) is 0.542. The van der Waals surface area contributed by atoms with Crippen molar-refractivity contribution in [3.8, 4) is 17.0 Å². The molecule has 1 aromatic heterocycles. The van der Waals surface area contributed by atoms with Gasteiger partial charge in [0.15, 0.2) is 0 Å². The molecule has 0 radical (unpaired) electrons. The number of benzene rings is 1. The average molecular weight is 444 g/mol. The molecule has 0 bridgehead atoms. The summed E-state index contributed by atoms with van der Waals surface area (Å²) in [4.78, 5) is 24.1. The maximum absolute atomic E-state index is 12.2. The number of carboxylic acid groups (broad SMARTS) is 1. The molecule has 6 nitrogen and oxygen atoms in total. The van der Waals surface area contributed by atoms with E-state index in [0.717, 1.165) is 67.8 Å². The smallest absolute Gasteiger partial charge is 0.311 e. The van der Waals surface area contributed by atoms with E-state index in [9.17, 15) is 9.90 Å². The summed E-state index contributed by atoms with van der Waals surface area (Å²) in [5, 5.41) is 10.6. The first-order chi connectivity index (χ1) is 15.0. The van der Waals surface area contributed by atoms with Gasteiger partial charge >= 0.3 is 5.97 Å². The molecule has 31 heavy (non-hydrogen) atoms. The van der Waals surface area contributed by atoms with Gasteiger partial charge in [0.1, 0.15) is 5.75 Å². The highest BCUT2D eigenvalue weighted by molar-refractivity contribution is 6.34. The van der Waals surface area contributed by atoms with Gasteiger partial charge in [-0.1, -0.05) is 24.9 Å². The second-order valence-electron chi connectivity index (χ2n) is 8.45. The van der Waals surface area contributed by atoms with Crippen LogP contribution in [0.2, 0.25) is 5.02 Å². The first-order valence-corrected chi connectivity index (χ1v) is 11.7. The van der Waals surface area contributed by atoms with Crippen molar-refractivity contribution in [3.05, 3.63) is 34.0 Å². The highest BCUT2D eigenvalue weighted by atomic mass is 35.5. The number of piperidine rings is 1. The Balaban J connectivity index is 1.91. The number of carbonyl (C=O) groups is 1. The summed E-state index contributed by atoms with van der Waals surface area (Å²) in [6.45, 7) is 6.42. The van der Waals surface area contributed by atoms with Crippen LogP contribution in [0.3, 0.4) is 0 Å². The number of halogens is 1. The minimum Gasteiger partial charge on any atom is -0.493 e. The maximum atomic E-state index is 12.2. The van der Waals surface area contributed by atoms with Gasteiger partial charge in [-0.3, -0.25) is 4.79 Å². The van der Waals surface area contributed by atoms with Crippen molar-refractivity contribution >= 4 is 23.5 Å². The van der Waals surface area contributed by atoms with Gasteiger partial charge in [-0.25, -0.2) is 9.97 Å². The van der Waals surface area contributed by atoms with Gasteiger partial charge in [0, 0.05) is 35.5 Å². The molecule has 2 aliphatic rings. The zero-order valence-corrected chi connectivity index (χ0v) is 19.0. The first kappa shape index (κ1) is 21.9. The van der Waals surface area contributed by atoms with Crippen LogP contribution >= 0.6 is 11.6 Å². The largest absolute Gasteiger partial charge is 0.493 e. The van der Waals surface area contributed by atoms with E-state index in [-0.39, 0.29) is 0 Å². The van der Waals surface area contributed by atoms with Crippen molar-refractivity contribution in [1.29, 1.82) is 0 Å².